The van der Waals surface area contributed by atoms with Gasteiger partial charge in [0.1, 0.15) is 0 Å². The first kappa shape index (κ1) is 22.0. The predicted molar refractivity (Wildman–Crippen MR) is 122 cm³/mol. The minimum Gasteiger partial charge on any atom is -0.322 e. The van der Waals surface area contributed by atoms with Gasteiger partial charge in [-0.05, 0) is 58.2 Å². The summed E-state index contributed by atoms with van der Waals surface area (Å²) in [5, 5.41) is 3.02. The van der Waals surface area contributed by atoms with E-state index in [1.165, 1.54) is 6.42 Å². The molecule has 1 saturated heterocycles. The lowest BCUT2D eigenvalue weighted by molar-refractivity contribution is -0.130. The van der Waals surface area contributed by atoms with Gasteiger partial charge in [0.25, 0.3) is 5.91 Å². The molecule has 0 aromatic heterocycles. The number of nitrogens with one attached hydrogen (secondary N) is 1. The van der Waals surface area contributed by atoms with Gasteiger partial charge < -0.3 is 10.2 Å². The molecule has 0 aromatic rings. The largest absolute Gasteiger partial charge is 0.322 e. The van der Waals surface area contributed by atoms with Crippen molar-refractivity contribution in [3.05, 3.63) is 34.9 Å². The molecule has 31 heavy (non-hydrogen) atoms. The molecule has 1 atom stereocenters. The van der Waals surface area contributed by atoms with Crippen molar-refractivity contribution in [3.63, 3.8) is 0 Å². The van der Waals surface area contributed by atoms with E-state index in [1.807, 2.05) is 18.4 Å². The number of likely N-dealkylation sites (N-methyl/N-ethyl adjacent to an activating group) is 1. The number of rotatable bonds is 6. The predicted octanol–water partition coefficient (Wildman–Crippen LogP) is 2.78. The van der Waals surface area contributed by atoms with Crippen molar-refractivity contribution >= 4 is 18.0 Å². The van der Waals surface area contributed by atoms with Gasteiger partial charge in [-0.25, -0.2) is 4.99 Å². The number of hydrogen-bond acceptors (Lipinski definition) is 5. The Kier molecular flexibility index (Phi) is 7.02. The van der Waals surface area contributed by atoms with E-state index in [4.69, 9.17) is 0 Å². The van der Waals surface area contributed by atoms with Gasteiger partial charge in [-0.2, -0.15) is 0 Å². The zero-order chi connectivity index (χ0) is 21.8. The Labute approximate surface area is 185 Å². The van der Waals surface area contributed by atoms with Gasteiger partial charge in [-0.15, -0.1) is 0 Å². The third kappa shape index (κ3) is 4.67. The van der Waals surface area contributed by atoms with Crippen LogP contribution < -0.4 is 5.32 Å². The zero-order valence-corrected chi connectivity index (χ0v) is 18.9. The van der Waals surface area contributed by atoms with Crippen LogP contribution in [0, 0.1) is 0 Å². The quantitative estimate of drug-likeness (QED) is 0.711. The van der Waals surface area contributed by atoms with Gasteiger partial charge in [0.15, 0.2) is 5.82 Å². The molecule has 7 heteroatoms. The molecule has 1 unspecified atom stereocenters. The first-order valence-electron chi connectivity index (χ1n) is 11.9. The van der Waals surface area contributed by atoms with Gasteiger partial charge >= 0.3 is 0 Å². The highest BCUT2D eigenvalue weighted by atomic mass is 16.2. The van der Waals surface area contributed by atoms with Gasteiger partial charge in [-0.3, -0.25) is 19.4 Å². The van der Waals surface area contributed by atoms with Crippen molar-refractivity contribution in [2.45, 2.75) is 64.8 Å². The van der Waals surface area contributed by atoms with E-state index < -0.39 is 0 Å². The normalized spacial score (nSPS) is 24.3. The second-order valence-corrected chi connectivity index (χ2v) is 8.74. The number of aliphatic imine (C=N–C) groups is 1. The third-order valence-electron chi connectivity index (χ3n) is 6.84. The summed E-state index contributed by atoms with van der Waals surface area (Å²) in [5.74, 6) is 0.516. The van der Waals surface area contributed by atoms with Crippen LogP contribution in [0.2, 0.25) is 0 Å². The first-order valence-corrected chi connectivity index (χ1v) is 11.9. The molecule has 168 valence electrons. The van der Waals surface area contributed by atoms with Crippen LogP contribution >= 0.6 is 0 Å². The van der Waals surface area contributed by atoms with Crippen molar-refractivity contribution in [2.24, 2.45) is 4.99 Å². The molecule has 2 amide bonds. The summed E-state index contributed by atoms with van der Waals surface area (Å²) in [5.41, 5.74) is 2.16. The van der Waals surface area contributed by atoms with Gasteiger partial charge in [0.05, 0.1) is 17.8 Å². The van der Waals surface area contributed by atoms with E-state index >= 15 is 0 Å². The van der Waals surface area contributed by atoms with Crippen molar-refractivity contribution in [1.29, 1.82) is 0 Å². The Bertz CT molecular complexity index is 837. The summed E-state index contributed by atoms with van der Waals surface area (Å²) in [4.78, 5) is 37.8. The van der Waals surface area contributed by atoms with Crippen LogP contribution in [-0.2, 0) is 9.59 Å². The van der Waals surface area contributed by atoms with Crippen LogP contribution in [0.3, 0.4) is 0 Å². The van der Waals surface area contributed by atoms with Crippen molar-refractivity contribution in [2.75, 3.05) is 32.7 Å². The van der Waals surface area contributed by atoms with Crippen LogP contribution in [-0.4, -0.2) is 71.5 Å². The highest BCUT2D eigenvalue weighted by Crippen LogP contribution is 2.33. The molecular weight excluding hydrogens is 390 g/mol. The zero-order valence-electron chi connectivity index (χ0n) is 18.9. The molecule has 0 spiro atoms. The highest BCUT2D eigenvalue weighted by Gasteiger charge is 2.35. The molecule has 0 saturated carbocycles. The molecule has 4 aliphatic rings. The summed E-state index contributed by atoms with van der Waals surface area (Å²) in [7, 11) is 0. The fourth-order valence-electron chi connectivity index (χ4n) is 5.05. The number of nitrogens with zero attached hydrogens (tertiary/aromatic N) is 4. The maximum absolute atomic E-state index is 13.8. The first-order chi connectivity index (χ1) is 15.1. The smallest absolute Gasteiger partial charge is 0.257 e. The average molecular weight is 426 g/mol. The number of carbonyl (C=O) groups is 2. The number of amides is 2. The molecule has 1 N–H and O–H groups in total. The Morgan fingerprint density at radius 2 is 2.06 bits per heavy atom. The molecule has 1 fully saturated rings. The van der Waals surface area contributed by atoms with E-state index in [9.17, 15) is 9.59 Å². The number of hydrogen-bond donors (Lipinski definition) is 1. The van der Waals surface area contributed by atoms with E-state index in [1.54, 1.807) is 4.90 Å². The Morgan fingerprint density at radius 1 is 1.23 bits per heavy atom. The summed E-state index contributed by atoms with van der Waals surface area (Å²) in [6, 6.07) is 0.396. The minimum atomic E-state index is -0.122. The molecule has 1 aliphatic carbocycles. The number of allylic oxidation sites excluding steroid dienone is 3. The summed E-state index contributed by atoms with van der Waals surface area (Å²) < 4.78 is 0. The minimum absolute atomic E-state index is 0.0253. The fourth-order valence-corrected chi connectivity index (χ4v) is 5.05. The fraction of sp³-hybridized carbons (Fsp3) is 0.625. The Hall–Kier alpha value is -2.25. The summed E-state index contributed by atoms with van der Waals surface area (Å²) in [6.45, 7) is 8.77. The molecule has 0 bridgehead atoms. The lowest BCUT2D eigenvalue weighted by Gasteiger charge is -2.39. The molecule has 4 rings (SSSR count). The van der Waals surface area contributed by atoms with Gasteiger partial charge in [0.2, 0.25) is 5.91 Å². The maximum atomic E-state index is 13.8. The molecular formula is C24H35N5O2. The van der Waals surface area contributed by atoms with Crippen LogP contribution in [0.5, 0.6) is 0 Å². The SMILES string of the molecule is CCN(CC)CC1CCCCN1CC(=O)N1C2=C(C=CCC2)C(=O)NC2=C1N=CCC2. The Balaban J connectivity index is 1.61. The van der Waals surface area contributed by atoms with Crippen molar-refractivity contribution in [3.8, 4) is 0 Å². The van der Waals surface area contributed by atoms with Crippen molar-refractivity contribution in [1.82, 2.24) is 20.0 Å². The average Bonchev–Trinajstić information content (AvgIpc) is 2.92. The lowest BCUT2D eigenvalue weighted by atomic mass is 10.00. The second-order valence-electron chi connectivity index (χ2n) is 8.74. The highest BCUT2D eigenvalue weighted by molar-refractivity contribution is 6.00. The second kappa shape index (κ2) is 9.92. The van der Waals surface area contributed by atoms with E-state index in [0.717, 1.165) is 63.3 Å². The molecule has 0 radical (unpaired) electrons. The molecule has 3 heterocycles. The summed E-state index contributed by atoms with van der Waals surface area (Å²) >= 11 is 0. The van der Waals surface area contributed by atoms with E-state index in [-0.39, 0.29) is 11.8 Å². The third-order valence-corrected chi connectivity index (χ3v) is 6.84. The van der Waals surface area contributed by atoms with Crippen molar-refractivity contribution < 1.29 is 9.59 Å². The number of likely N-dealkylation sites (tertiary alicyclic amines) is 1. The summed E-state index contributed by atoms with van der Waals surface area (Å²) in [6.07, 6.45) is 12.2. The van der Waals surface area contributed by atoms with Gasteiger partial charge in [-0.1, -0.05) is 32.4 Å². The van der Waals surface area contributed by atoms with E-state index in [2.05, 4.69) is 34.0 Å². The number of piperidine rings is 1. The maximum Gasteiger partial charge on any atom is 0.257 e. The lowest BCUT2D eigenvalue weighted by Crippen LogP contribution is -2.50. The van der Waals surface area contributed by atoms with Crippen LogP contribution in [0.1, 0.15) is 58.8 Å². The van der Waals surface area contributed by atoms with Crippen LogP contribution in [0.4, 0.5) is 0 Å². The monoisotopic (exact) mass is 425 g/mol. The molecule has 0 aromatic carbocycles. The van der Waals surface area contributed by atoms with Crippen LogP contribution in [0.25, 0.3) is 0 Å². The topological polar surface area (TPSA) is 68.2 Å². The molecule has 3 aliphatic heterocycles. The van der Waals surface area contributed by atoms with Crippen LogP contribution in [0.15, 0.2) is 39.9 Å². The van der Waals surface area contributed by atoms with E-state index in [0.29, 0.717) is 36.8 Å². The molecule has 7 nitrogen and oxygen atoms in total. The number of carbonyl (C=O) groups excluding carboxylic acids is 2. The standard InChI is InChI=1S/C24H35N5O2/c1-3-27(4-2)16-18-10-7-8-15-28(18)17-22(30)29-21-13-6-5-11-19(21)24(31)26-20-12-9-14-25-23(20)29/h5,11,14,18H,3-4,6-10,12-13,15-17H2,1-2H3,(H,26,31). The van der Waals surface area contributed by atoms with Gasteiger partial charge in [0, 0.05) is 24.5 Å². The Morgan fingerprint density at radius 3 is 2.87 bits per heavy atom.